The molecule has 0 spiro atoms. The normalized spacial score (nSPS) is 11.0. The number of nitrogens with two attached hydrogens (primary N) is 1. The number of hydrogen-bond acceptors (Lipinski definition) is 4. The molecule has 0 atom stereocenters. The molecule has 0 saturated heterocycles. The van der Waals surface area contributed by atoms with Gasteiger partial charge in [-0.1, -0.05) is 0 Å². The summed E-state index contributed by atoms with van der Waals surface area (Å²) >= 11 is 0. The molecule has 0 unspecified atom stereocenters. The number of halogens is 2. The number of nitrogens with zero attached hydrogens (tertiary/aromatic N) is 3. The van der Waals surface area contributed by atoms with Crippen molar-refractivity contribution in [2.45, 2.75) is 13.3 Å². The molecule has 1 amide bonds. The standard InChI is InChI=1S/C10H16F2N4O2/c1-6-8(13)9(15(2)14-6)10(18)16(3-4-17)5-7(11)12/h7,17H,3-5,13H2,1-2H3. The molecular weight excluding hydrogens is 246 g/mol. The van der Waals surface area contributed by atoms with Gasteiger partial charge in [0.25, 0.3) is 12.3 Å². The first-order chi connectivity index (χ1) is 8.38. The fourth-order valence-electron chi connectivity index (χ4n) is 1.64. The average Bonchev–Trinajstić information content (AvgIpc) is 2.51. The predicted octanol–water partition coefficient (Wildman–Crippen LogP) is 0.0103. The number of hydrogen-bond donors (Lipinski definition) is 2. The molecule has 1 aromatic heterocycles. The summed E-state index contributed by atoms with van der Waals surface area (Å²) in [5, 5.41) is 12.7. The second kappa shape index (κ2) is 5.76. The first-order valence-electron chi connectivity index (χ1n) is 5.35. The fourth-order valence-corrected chi connectivity index (χ4v) is 1.64. The Morgan fingerprint density at radius 2 is 2.22 bits per heavy atom. The lowest BCUT2D eigenvalue weighted by Crippen LogP contribution is -2.38. The van der Waals surface area contributed by atoms with E-state index >= 15 is 0 Å². The van der Waals surface area contributed by atoms with Gasteiger partial charge in [-0.25, -0.2) is 8.78 Å². The number of carbonyl (C=O) groups excluding carboxylic acids is 1. The maximum Gasteiger partial charge on any atom is 0.274 e. The van der Waals surface area contributed by atoms with Crippen molar-refractivity contribution in [2.75, 3.05) is 25.4 Å². The number of alkyl halides is 2. The van der Waals surface area contributed by atoms with Crippen LogP contribution in [0.4, 0.5) is 14.5 Å². The lowest BCUT2D eigenvalue weighted by atomic mass is 10.2. The largest absolute Gasteiger partial charge is 0.395 e. The van der Waals surface area contributed by atoms with Crippen molar-refractivity contribution in [3.8, 4) is 0 Å². The highest BCUT2D eigenvalue weighted by molar-refractivity contribution is 5.98. The number of carbonyl (C=O) groups is 1. The molecule has 3 N–H and O–H groups in total. The van der Waals surface area contributed by atoms with Crippen molar-refractivity contribution in [2.24, 2.45) is 7.05 Å². The van der Waals surface area contributed by atoms with Crippen LogP contribution in [0.2, 0.25) is 0 Å². The lowest BCUT2D eigenvalue weighted by Gasteiger charge is -2.21. The molecule has 1 rings (SSSR count). The van der Waals surface area contributed by atoms with Gasteiger partial charge in [0.15, 0.2) is 0 Å². The molecule has 0 aliphatic rings. The second-order valence-corrected chi connectivity index (χ2v) is 3.84. The van der Waals surface area contributed by atoms with Crippen LogP contribution < -0.4 is 5.73 Å². The lowest BCUT2D eigenvalue weighted by molar-refractivity contribution is 0.0501. The highest BCUT2D eigenvalue weighted by Gasteiger charge is 2.25. The van der Waals surface area contributed by atoms with Crippen LogP contribution >= 0.6 is 0 Å². The van der Waals surface area contributed by atoms with E-state index in [0.29, 0.717) is 5.69 Å². The monoisotopic (exact) mass is 262 g/mol. The number of rotatable bonds is 5. The number of aliphatic hydroxyl groups excluding tert-OH is 1. The molecule has 0 aliphatic carbocycles. The minimum absolute atomic E-state index is 0.0570. The Hall–Kier alpha value is -1.70. The van der Waals surface area contributed by atoms with Crippen LogP contribution in [0.3, 0.4) is 0 Å². The molecule has 1 heterocycles. The number of aryl methyl sites for hydroxylation is 2. The number of nitrogen functional groups attached to an aromatic ring is 1. The van der Waals surface area contributed by atoms with E-state index in [1.54, 1.807) is 6.92 Å². The van der Waals surface area contributed by atoms with Gasteiger partial charge >= 0.3 is 0 Å². The summed E-state index contributed by atoms with van der Waals surface area (Å²) in [4.78, 5) is 12.9. The molecule has 0 radical (unpaired) electrons. The molecule has 1 aromatic rings. The fraction of sp³-hybridized carbons (Fsp3) is 0.600. The van der Waals surface area contributed by atoms with E-state index in [1.165, 1.54) is 11.7 Å². The maximum absolute atomic E-state index is 12.4. The van der Waals surface area contributed by atoms with E-state index in [0.717, 1.165) is 4.90 Å². The van der Waals surface area contributed by atoms with Gasteiger partial charge < -0.3 is 15.7 Å². The Morgan fingerprint density at radius 3 is 2.61 bits per heavy atom. The third-order valence-electron chi connectivity index (χ3n) is 2.49. The van der Waals surface area contributed by atoms with E-state index in [-0.39, 0.29) is 17.9 Å². The molecule has 6 nitrogen and oxygen atoms in total. The van der Waals surface area contributed by atoms with Crippen molar-refractivity contribution in [3.05, 3.63) is 11.4 Å². The van der Waals surface area contributed by atoms with Gasteiger partial charge in [-0.05, 0) is 6.92 Å². The minimum Gasteiger partial charge on any atom is -0.395 e. The predicted molar refractivity (Wildman–Crippen MR) is 61.4 cm³/mol. The number of aliphatic hydroxyl groups is 1. The number of amides is 1. The van der Waals surface area contributed by atoms with Crippen LogP contribution in [0.25, 0.3) is 0 Å². The molecular formula is C10H16F2N4O2. The summed E-state index contributed by atoms with van der Waals surface area (Å²) in [6.45, 7) is 0.306. The van der Waals surface area contributed by atoms with Crippen LogP contribution in [-0.2, 0) is 7.05 Å². The molecule has 18 heavy (non-hydrogen) atoms. The van der Waals surface area contributed by atoms with E-state index < -0.39 is 25.5 Å². The summed E-state index contributed by atoms with van der Waals surface area (Å²) in [6, 6.07) is 0. The SMILES string of the molecule is Cc1nn(C)c(C(=O)N(CCO)CC(F)F)c1N. The van der Waals surface area contributed by atoms with Gasteiger partial charge in [0.1, 0.15) is 5.69 Å². The van der Waals surface area contributed by atoms with Gasteiger partial charge in [-0.2, -0.15) is 5.10 Å². The Kier molecular flexibility index (Phi) is 4.60. The van der Waals surface area contributed by atoms with Crippen LogP contribution in [0.1, 0.15) is 16.2 Å². The Labute approximate surface area is 103 Å². The molecule has 0 aliphatic heterocycles. The summed E-state index contributed by atoms with van der Waals surface area (Å²) in [5.41, 5.74) is 6.37. The molecule has 0 saturated carbocycles. The highest BCUT2D eigenvalue weighted by atomic mass is 19.3. The zero-order valence-corrected chi connectivity index (χ0v) is 10.2. The van der Waals surface area contributed by atoms with Crippen molar-refractivity contribution < 1.29 is 18.7 Å². The van der Waals surface area contributed by atoms with Gasteiger partial charge in [-0.15, -0.1) is 0 Å². The third kappa shape index (κ3) is 2.95. The zero-order valence-electron chi connectivity index (χ0n) is 10.2. The van der Waals surface area contributed by atoms with E-state index in [9.17, 15) is 13.6 Å². The van der Waals surface area contributed by atoms with Crippen molar-refractivity contribution in [3.63, 3.8) is 0 Å². The highest BCUT2D eigenvalue weighted by Crippen LogP contribution is 2.17. The topological polar surface area (TPSA) is 84.4 Å². The summed E-state index contributed by atoms with van der Waals surface area (Å²) < 4.78 is 26.0. The number of aromatic nitrogens is 2. The molecule has 102 valence electrons. The first kappa shape index (κ1) is 14.4. The Morgan fingerprint density at radius 1 is 1.61 bits per heavy atom. The van der Waals surface area contributed by atoms with Gasteiger partial charge in [0.05, 0.1) is 24.5 Å². The minimum atomic E-state index is -2.67. The van der Waals surface area contributed by atoms with Crippen molar-refractivity contribution >= 4 is 11.6 Å². The van der Waals surface area contributed by atoms with Crippen LogP contribution in [-0.4, -0.2) is 51.8 Å². The summed E-state index contributed by atoms with van der Waals surface area (Å²) in [7, 11) is 1.51. The zero-order chi connectivity index (χ0) is 13.9. The molecule has 0 aromatic carbocycles. The van der Waals surface area contributed by atoms with E-state index in [1.807, 2.05) is 0 Å². The number of anilines is 1. The van der Waals surface area contributed by atoms with Gasteiger partial charge in [0.2, 0.25) is 0 Å². The van der Waals surface area contributed by atoms with Crippen molar-refractivity contribution in [1.82, 2.24) is 14.7 Å². The van der Waals surface area contributed by atoms with E-state index in [2.05, 4.69) is 5.10 Å². The second-order valence-electron chi connectivity index (χ2n) is 3.84. The maximum atomic E-state index is 12.4. The smallest absolute Gasteiger partial charge is 0.274 e. The molecule has 0 bridgehead atoms. The van der Waals surface area contributed by atoms with Crippen LogP contribution in [0.15, 0.2) is 0 Å². The van der Waals surface area contributed by atoms with Gasteiger partial charge in [0, 0.05) is 13.6 Å². The first-order valence-corrected chi connectivity index (χ1v) is 5.35. The van der Waals surface area contributed by atoms with E-state index in [4.69, 9.17) is 10.8 Å². The third-order valence-corrected chi connectivity index (χ3v) is 2.49. The Bertz CT molecular complexity index is 434. The summed E-state index contributed by atoms with van der Waals surface area (Å²) in [6.07, 6.45) is -2.67. The quantitative estimate of drug-likeness (QED) is 0.783. The van der Waals surface area contributed by atoms with Gasteiger partial charge in [-0.3, -0.25) is 9.48 Å². The molecule has 0 fully saturated rings. The average molecular weight is 262 g/mol. The Balaban J connectivity index is 3.01. The summed E-state index contributed by atoms with van der Waals surface area (Å²) in [5.74, 6) is -0.662. The van der Waals surface area contributed by atoms with Crippen molar-refractivity contribution in [1.29, 1.82) is 0 Å². The van der Waals surface area contributed by atoms with Crippen LogP contribution in [0.5, 0.6) is 0 Å². The molecule has 8 heteroatoms. The van der Waals surface area contributed by atoms with Crippen LogP contribution in [0, 0.1) is 6.92 Å².